The molecule has 0 aromatic rings. The zero-order valence-electron chi connectivity index (χ0n) is 5.00. The van der Waals surface area contributed by atoms with Gasteiger partial charge in [0.05, 0.1) is 12.0 Å². The van der Waals surface area contributed by atoms with Crippen LogP contribution >= 0.6 is 0 Å². The second-order valence-corrected chi connectivity index (χ2v) is 2.40. The molecule has 0 heterocycles. The molecule has 0 spiro atoms. The van der Waals surface area contributed by atoms with Gasteiger partial charge in [0.1, 0.15) is 0 Å². The molecular weight excluding hydrogens is 116 g/mol. The molecule has 0 bridgehead atoms. The number of primary amides is 1. The van der Waals surface area contributed by atoms with Gasteiger partial charge in [0.15, 0.2) is 0 Å². The average Bonchev–Trinajstić information content (AvgIpc) is 2.45. The third kappa shape index (κ3) is 1.43. The number of amides is 1. The maximum absolute atomic E-state index is 10.2. The first-order chi connectivity index (χ1) is 4.24. The summed E-state index contributed by atoms with van der Waals surface area (Å²) in [5.74, 6) is 0.0859. The van der Waals surface area contributed by atoms with E-state index in [0.29, 0.717) is 6.42 Å². The van der Waals surface area contributed by atoms with E-state index in [1.54, 1.807) is 0 Å². The fraction of sp³-hybridized carbons (Fsp3) is 0.667. The van der Waals surface area contributed by atoms with Gasteiger partial charge in [-0.1, -0.05) is 0 Å². The van der Waals surface area contributed by atoms with Crippen LogP contribution in [0.25, 0.3) is 0 Å². The topological polar surface area (TPSA) is 66.9 Å². The molecule has 1 aliphatic carbocycles. The van der Waals surface area contributed by atoms with Gasteiger partial charge in [0.2, 0.25) is 5.91 Å². The van der Waals surface area contributed by atoms with Crippen molar-refractivity contribution >= 4 is 5.91 Å². The predicted octanol–water partition coefficient (Wildman–Crippen LogP) is 0.0215. The first-order valence-corrected chi connectivity index (χ1v) is 2.92. The van der Waals surface area contributed by atoms with Gasteiger partial charge < -0.3 is 5.73 Å². The van der Waals surface area contributed by atoms with Gasteiger partial charge in [-0.25, -0.2) is 0 Å². The Bertz CT molecular complexity index is 170. The summed E-state index contributed by atoms with van der Waals surface area (Å²) in [5.41, 5.74) is 4.90. The molecule has 1 amide bonds. The van der Waals surface area contributed by atoms with Crippen LogP contribution in [0.4, 0.5) is 0 Å². The number of nitrogens with two attached hydrogens (primary N) is 1. The molecule has 3 nitrogen and oxygen atoms in total. The molecular formula is C6H8N2O. The maximum Gasteiger partial charge on any atom is 0.217 e. The van der Waals surface area contributed by atoms with Gasteiger partial charge in [-0.2, -0.15) is 5.26 Å². The van der Waals surface area contributed by atoms with Crippen molar-refractivity contribution in [3.05, 3.63) is 0 Å². The standard InChI is InChI=1S/C6H8N2O/c7-3-5-1-4(5)2-6(8)9/h4-5H,1-2H2,(H2,8,9)/t4-,5+/m1/s1. The van der Waals surface area contributed by atoms with E-state index >= 15 is 0 Å². The van der Waals surface area contributed by atoms with Crippen LogP contribution in [0.2, 0.25) is 0 Å². The number of carbonyl (C=O) groups excluding carboxylic acids is 1. The van der Waals surface area contributed by atoms with Crippen LogP contribution < -0.4 is 5.73 Å². The van der Waals surface area contributed by atoms with E-state index < -0.39 is 0 Å². The first-order valence-electron chi connectivity index (χ1n) is 2.92. The molecule has 2 atom stereocenters. The van der Waals surface area contributed by atoms with E-state index in [1.807, 2.05) is 0 Å². The molecule has 0 aromatic carbocycles. The molecule has 0 unspecified atom stereocenters. The second-order valence-electron chi connectivity index (χ2n) is 2.40. The van der Waals surface area contributed by atoms with E-state index in [1.165, 1.54) is 0 Å². The molecule has 0 saturated heterocycles. The highest BCUT2D eigenvalue weighted by Gasteiger charge is 2.37. The predicted molar refractivity (Wildman–Crippen MR) is 31.0 cm³/mol. The highest BCUT2D eigenvalue weighted by Crippen LogP contribution is 2.39. The van der Waals surface area contributed by atoms with Crippen LogP contribution in [-0.2, 0) is 4.79 Å². The summed E-state index contributed by atoms with van der Waals surface area (Å²) in [6.07, 6.45) is 1.25. The average molecular weight is 124 g/mol. The second kappa shape index (κ2) is 2.06. The first kappa shape index (κ1) is 6.09. The third-order valence-corrected chi connectivity index (χ3v) is 1.55. The number of hydrogen-bond acceptors (Lipinski definition) is 2. The summed E-state index contributed by atoms with van der Waals surface area (Å²) in [5, 5.41) is 8.29. The molecule has 0 aromatic heterocycles. The Morgan fingerprint density at radius 3 is 2.89 bits per heavy atom. The lowest BCUT2D eigenvalue weighted by atomic mass is 10.2. The summed E-state index contributed by atoms with van der Waals surface area (Å²) in [7, 11) is 0. The molecule has 1 saturated carbocycles. The van der Waals surface area contributed by atoms with Crippen LogP contribution in [0.3, 0.4) is 0 Å². The molecule has 0 aliphatic heterocycles. The summed E-state index contributed by atoms with van der Waals surface area (Å²) in [6.45, 7) is 0. The smallest absolute Gasteiger partial charge is 0.217 e. The van der Waals surface area contributed by atoms with E-state index in [-0.39, 0.29) is 17.7 Å². The van der Waals surface area contributed by atoms with Crippen molar-refractivity contribution in [2.24, 2.45) is 17.6 Å². The Hall–Kier alpha value is -1.04. The summed E-state index contributed by atoms with van der Waals surface area (Å²) >= 11 is 0. The van der Waals surface area contributed by atoms with Gasteiger partial charge in [-0.3, -0.25) is 4.79 Å². The summed E-state index contributed by atoms with van der Waals surface area (Å²) in [6, 6.07) is 2.09. The van der Waals surface area contributed by atoms with E-state index in [9.17, 15) is 4.79 Å². The maximum atomic E-state index is 10.2. The molecule has 48 valence electrons. The Morgan fingerprint density at radius 1 is 1.89 bits per heavy atom. The Balaban J connectivity index is 2.22. The van der Waals surface area contributed by atoms with Crippen molar-refractivity contribution in [2.75, 3.05) is 0 Å². The molecule has 3 heteroatoms. The zero-order chi connectivity index (χ0) is 6.85. The van der Waals surface area contributed by atoms with E-state index in [0.717, 1.165) is 6.42 Å². The van der Waals surface area contributed by atoms with Crippen molar-refractivity contribution in [1.29, 1.82) is 5.26 Å². The minimum Gasteiger partial charge on any atom is -0.370 e. The van der Waals surface area contributed by atoms with E-state index in [2.05, 4.69) is 6.07 Å². The van der Waals surface area contributed by atoms with Crippen LogP contribution in [0.5, 0.6) is 0 Å². The minimum atomic E-state index is -0.294. The normalized spacial score (nSPS) is 31.0. The van der Waals surface area contributed by atoms with Crippen LogP contribution in [0, 0.1) is 23.2 Å². The molecule has 0 radical (unpaired) electrons. The Kier molecular flexibility index (Phi) is 1.39. The lowest BCUT2D eigenvalue weighted by molar-refractivity contribution is -0.118. The van der Waals surface area contributed by atoms with Gasteiger partial charge in [0.25, 0.3) is 0 Å². The van der Waals surface area contributed by atoms with Gasteiger partial charge in [-0.15, -0.1) is 0 Å². The number of hydrogen-bond donors (Lipinski definition) is 1. The molecule has 1 fully saturated rings. The third-order valence-electron chi connectivity index (χ3n) is 1.55. The Labute approximate surface area is 53.5 Å². The zero-order valence-corrected chi connectivity index (χ0v) is 5.00. The lowest BCUT2D eigenvalue weighted by Gasteiger charge is -1.86. The largest absolute Gasteiger partial charge is 0.370 e. The quantitative estimate of drug-likeness (QED) is 0.564. The Morgan fingerprint density at radius 2 is 2.56 bits per heavy atom. The fourth-order valence-electron chi connectivity index (χ4n) is 0.890. The summed E-state index contributed by atoms with van der Waals surface area (Å²) in [4.78, 5) is 10.2. The number of nitrogens with zero attached hydrogens (tertiary/aromatic N) is 1. The molecule has 2 N–H and O–H groups in total. The van der Waals surface area contributed by atoms with Crippen molar-refractivity contribution in [1.82, 2.24) is 0 Å². The summed E-state index contributed by atoms with van der Waals surface area (Å²) < 4.78 is 0. The van der Waals surface area contributed by atoms with Crippen LogP contribution in [-0.4, -0.2) is 5.91 Å². The van der Waals surface area contributed by atoms with Crippen molar-refractivity contribution in [3.63, 3.8) is 0 Å². The highest BCUT2D eigenvalue weighted by molar-refractivity contribution is 5.74. The molecule has 1 rings (SSSR count). The lowest BCUT2D eigenvalue weighted by Crippen LogP contribution is -2.11. The van der Waals surface area contributed by atoms with Crippen molar-refractivity contribution < 1.29 is 4.79 Å². The number of rotatable bonds is 2. The minimum absolute atomic E-state index is 0.109. The number of nitriles is 1. The molecule has 9 heavy (non-hydrogen) atoms. The van der Waals surface area contributed by atoms with Crippen LogP contribution in [0.1, 0.15) is 12.8 Å². The fourth-order valence-corrected chi connectivity index (χ4v) is 0.890. The van der Waals surface area contributed by atoms with E-state index in [4.69, 9.17) is 11.0 Å². The SMILES string of the molecule is N#C[C@@H]1C[C@@H]1CC(N)=O. The van der Waals surface area contributed by atoms with Crippen molar-refractivity contribution in [2.45, 2.75) is 12.8 Å². The highest BCUT2D eigenvalue weighted by atomic mass is 16.1. The van der Waals surface area contributed by atoms with Gasteiger partial charge in [-0.05, 0) is 12.3 Å². The van der Waals surface area contributed by atoms with Crippen molar-refractivity contribution in [3.8, 4) is 6.07 Å². The molecule has 1 aliphatic rings. The number of carbonyl (C=O) groups is 1. The van der Waals surface area contributed by atoms with Gasteiger partial charge >= 0.3 is 0 Å². The van der Waals surface area contributed by atoms with Gasteiger partial charge in [0, 0.05) is 6.42 Å². The monoisotopic (exact) mass is 124 g/mol. The van der Waals surface area contributed by atoms with Crippen LogP contribution in [0.15, 0.2) is 0 Å².